The third kappa shape index (κ3) is 3.18. The molecule has 1 saturated heterocycles. The zero-order valence-corrected chi connectivity index (χ0v) is 12.0. The molecular formula is C12H13BrO4S. The highest BCUT2D eigenvalue weighted by molar-refractivity contribution is 9.10. The van der Waals surface area contributed by atoms with Gasteiger partial charge in [-0.3, -0.25) is 4.21 Å². The molecule has 1 aliphatic heterocycles. The highest BCUT2D eigenvalue weighted by atomic mass is 79.9. The molecule has 1 aromatic rings. The van der Waals surface area contributed by atoms with Crippen molar-refractivity contribution in [3.63, 3.8) is 0 Å². The van der Waals surface area contributed by atoms with Crippen molar-refractivity contribution in [3.05, 3.63) is 28.2 Å². The molecule has 0 radical (unpaired) electrons. The van der Waals surface area contributed by atoms with Crippen LogP contribution < -0.4 is 0 Å². The van der Waals surface area contributed by atoms with Gasteiger partial charge < -0.3 is 9.84 Å². The number of aromatic carboxylic acids is 1. The van der Waals surface area contributed by atoms with E-state index in [1.54, 1.807) is 12.1 Å². The van der Waals surface area contributed by atoms with Crippen molar-refractivity contribution in [3.8, 4) is 0 Å². The van der Waals surface area contributed by atoms with Gasteiger partial charge in [-0.2, -0.15) is 0 Å². The highest BCUT2D eigenvalue weighted by Crippen LogP contribution is 2.22. The lowest BCUT2D eigenvalue weighted by molar-refractivity contribution is 0.0695. The number of rotatable bonds is 4. The molecular weight excluding hydrogens is 320 g/mol. The summed E-state index contributed by atoms with van der Waals surface area (Å²) in [5, 5.41) is 9.01. The monoisotopic (exact) mass is 332 g/mol. The van der Waals surface area contributed by atoms with Gasteiger partial charge in [0.2, 0.25) is 0 Å². The molecule has 2 rings (SSSR count). The van der Waals surface area contributed by atoms with Gasteiger partial charge in [0.1, 0.15) is 0 Å². The Morgan fingerprint density at radius 2 is 2.33 bits per heavy atom. The first-order valence-electron chi connectivity index (χ1n) is 5.57. The standard InChI is InChI=1S/C12H13BrO4S/c13-11-2-1-9(5-10(11)12(14)15)18(16)7-8-3-4-17-6-8/h1-2,5,8H,3-4,6-7H2,(H,14,15). The summed E-state index contributed by atoms with van der Waals surface area (Å²) in [4.78, 5) is 11.6. The van der Waals surface area contributed by atoms with E-state index in [1.165, 1.54) is 6.07 Å². The largest absolute Gasteiger partial charge is 0.478 e. The van der Waals surface area contributed by atoms with Gasteiger partial charge in [-0.25, -0.2) is 4.79 Å². The van der Waals surface area contributed by atoms with E-state index in [4.69, 9.17) is 9.84 Å². The van der Waals surface area contributed by atoms with Crippen molar-refractivity contribution in [1.29, 1.82) is 0 Å². The van der Waals surface area contributed by atoms with E-state index in [0.29, 0.717) is 27.6 Å². The zero-order valence-electron chi connectivity index (χ0n) is 9.60. The molecule has 1 N–H and O–H groups in total. The molecule has 98 valence electrons. The molecule has 0 aliphatic carbocycles. The van der Waals surface area contributed by atoms with Gasteiger partial charge in [0, 0.05) is 21.7 Å². The molecule has 0 aromatic heterocycles. The molecule has 2 unspecified atom stereocenters. The molecule has 2 atom stereocenters. The van der Waals surface area contributed by atoms with Crippen LogP contribution in [0.25, 0.3) is 0 Å². The van der Waals surface area contributed by atoms with Gasteiger partial charge in [0.05, 0.1) is 23.0 Å². The minimum Gasteiger partial charge on any atom is -0.478 e. The quantitative estimate of drug-likeness (QED) is 0.918. The number of benzene rings is 1. The summed E-state index contributed by atoms with van der Waals surface area (Å²) in [5.74, 6) is -0.187. The van der Waals surface area contributed by atoms with Crippen LogP contribution in [0.15, 0.2) is 27.6 Å². The summed E-state index contributed by atoms with van der Waals surface area (Å²) in [6, 6.07) is 4.79. The molecule has 1 fully saturated rings. The van der Waals surface area contributed by atoms with Crippen LogP contribution in [0.2, 0.25) is 0 Å². The van der Waals surface area contributed by atoms with Gasteiger partial charge >= 0.3 is 5.97 Å². The van der Waals surface area contributed by atoms with Crippen molar-refractivity contribution >= 4 is 32.7 Å². The van der Waals surface area contributed by atoms with E-state index >= 15 is 0 Å². The van der Waals surface area contributed by atoms with Gasteiger partial charge in [0.25, 0.3) is 0 Å². The second kappa shape index (κ2) is 5.95. The Morgan fingerprint density at radius 1 is 1.56 bits per heavy atom. The topological polar surface area (TPSA) is 63.6 Å². The van der Waals surface area contributed by atoms with Gasteiger partial charge in [-0.15, -0.1) is 0 Å². The normalized spacial score (nSPS) is 20.8. The van der Waals surface area contributed by atoms with Gasteiger partial charge in [-0.05, 0) is 46.5 Å². The van der Waals surface area contributed by atoms with Gasteiger partial charge in [0.15, 0.2) is 0 Å². The Bertz CT molecular complexity index is 483. The maximum Gasteiger partial charge on any atom is 0.336 e. The van der Waals surface area contributed by atoms with E-state index in [0.717, 1.165) is 13.0 Å². The molecule has 0 bridgehead atoms. The van der Waals surface area contributed by atoms with E-state index in [-0.39, 0.29) is 5.56 Å². The second-order valence-electron chi connectivity index (χ2n) is 4.19. The fourth-order valence-corrected chi connectivity index (χ4v) is 3.60. The predicted octanol–water partition coefficient (Wildman–Crippen LogP) is 2.29. The fourth-order valence-electron chi connectivity index (χ4n) is 1.83. The van der Waals surface area contributed by atoms with Gasteiger partial charge in [-0.1, -0.05) is 0 Å². The van der Waals surface area contributed by atoms with Crippen LogP contribution >= 0.6 is 15.9 Å². The van der Waals surface area contributed by atoms with E-state index in [9.17, 15) is 9.00 Å². The summed E-state index contributed by atoms with van der Waals surface area (Å²) in [6.45, 7) is 1.37. The minimum absolute atomic E-state index is 0.142. The lowest BCUT2D eigenvalue weighted by Crippen LogP contribution is -2.11. The van der Waals surface area contributed by atoms with Crippen LogP contribution in [0.3, 0.4) is 0 Å². The van der Waals surface area contributed by atoms with Crippen LogP contribution in [0.5, 0.6) is 0 Å². The number of hydrogen-bond acceptors (Lipinski definition) is 3. The number of halogens is 1. The first-order chi connectivity index (χ1) is 8.58. The highest BCUT2D eigenvalue weighted by Gasteiger charge is 2.20. The Hall–Kier alpha value is -0.720. The Morgan fingerprint density at radius 3 is 2.94 bits per heavy atom. The number of carbonyl (C=O) groups is 1. The average Bonchev–Trinajstić information content (AvgIpc) is 2.81. The van der Waals surface area contributed by atoms with Crippen molar-refractivity contribution < 1.29 is 18.8 Å². The van der Waals surface area contributed by atoms with Crippen LogP contribution in [0, 0.1) is 5.92 Å². The fraction of sp³-hybridized carbons (Fsp3) is 0.417. The number of carboxylic acid groups (broad SMARTS) is 1. The molecule has 1 heterocycles. The number of ether oxygens (including phenoxy) is 1. The lowest BCUT2D eigenvalue weighted by Gasteiger charge is -2.08. The van der Waals surface area contributed by atoms with Crippen LogP contribution in [0.4, 0.5) is 0 Å². The molecule has 0 spiro atoms. The van der Waals surface area contributed by atoms with Crippen molar-refractivity contribution in [2.45, 2.75) is 11.3 Å². The van der Waals surface area contributed by atoms with Crippen LogP contribution in [0.1, 0.15) is 16.8 Å². The predicted molar refractivity (Wildman–Crippen MR) is 71.3 cm³/mol. The summed E-state index contributed by atoms with van der Waals surface area (Å²) in [6.07, 6.45) is 0.925. The maximum atomic E-state index is 12.1. The Balaban J connectivity index is 2.14. The molecule has 4 nitrogen and oxygen atoms in total. The first-order valence-corrected chi connectivity index (χ1v) is 7.68. The van der Waals surface area contributed by atoms with Crippen molar-refractivity contribution in [2.24, 2.45) is 5.92 Å². The molecule has 0 saturated carbocycles. The van der Waals surface area contributed by atoms with Crippen molar-refractivity contribution in [1.82, 2.24) is 0 Å². The lowest BCUT2D eigenvalue weighted by atomic mass is 10.2. The maximum absolute atomic E-state index is 12.1. The number of carboxylic acids is 1. The molecule has 1 aromatic carbocycles. The second-order valence-corrected chi connectivity index (χ2v) is 6.54. The smallest absolute Gasteiger partial charge is 0.336 e. The summed E-state index contributed by atoms with van der Waals surface area (Å²) >= 11 is 3.17. The van der Waals surface area contributed by atoms with E-state index in [2.05, 4.69) is 15.9 Å². The summed E-state index contributed by atoms with van der Waals surface area (Å²) < 4.78 is 17.9. The third-order valence-corrected chi connectivity index (χ3v) is 5.09. The average molecular weight is 333 g/mol. The third-order valence-electron chi connectivity index (χ3n) is 2.84. The summed E-state index contributed by atoms with van der Waals surface area (Å²) in [7, 11) is -1.17. The molecule has 18 heavy (non-hydrogen) atoms. The number of hydrogen-bond donors (Lipinski definition) is 1. The zero-order chi connectivity index (χ0) is 13.1. The van der Waals surface area contributed by atoms with E-state index < -0.39 is 16.8 Å². The first kappa shape index (κ1) is 13.7. The van der Waals surface area contributed by atoms with Crippen LogP contribution in [-0.4, -0.2) is 34.3 Å². The Labute approximate surface area is 116 Å². The SMILES string of the molecule is O=C(O)c1cc(S(=O)CC2CCOC2)ccc1Br. The Kier molecular flexibility index (Phi) is 4.53. The molecule has 6 heteroatoms. The minimum atomic E-state index is -1.17. The molecule has 0 amide bonds. The summed E-state index contributed by atoms with van der Waals surface area (Å²) in [5.41, 5.74) is 0.142. The molecule has 1 aliphatic rings. The van der Waals surface area contributed by atoms with Crippen molar-refractivity contribution in [2.75, 3.05) is 19.0 Å². The van der Waals surface area contributed by atoms with Crippen LogP contribution in [-0.2, 0) is 15.5 Å². The van der Waals surface area contributed by atoms with E-state index in [1.807, 2.05) is 0 Å².